The lowest BCUT2D eigenvalue weighted by Gasteiger charge is -2.20. The Morgan fingerprint density at radius 2 is 1.95 bits per heavy atom. The third-order valence-corrected chi connectivity index (χ3v) is 3.45. The summed E-state index contributed by atoms with van der Waals surface area (Å²) in [7, 11) is 3.23. The summed E-state index contributed by atoms with van der Waals surface area (Å²) < 4.78 is 11.5. The number of rotatable bonds is 7. The molecule has 19 heavy (non-hydrogen) atoms. The number of nitrogens with two attached hydrogens (primary N) is 1. The standard InChI is InChI=1S/C14H21BrN2O2/c1-9(2)8-17-12(7-16)10-5-13(18-3)14(19-4)6-11(10)15/h5-6,12,17H,1,7-8,16H2,2-4H3. The van der Waals surface area contributed by atoms with Gasteiger partial charge in [-0.05, 0) is 24.6 Å². The molecule has 0 amide bonds. The largest absolute Gasteiger partial charge is 0.493 e. The van der Waals surface area contributed by atoms with Gasteiger partial charge in [0.2, 0.25) is 0 Å². The van der Waals surface area contributed by atoms with Gasteiger partial charge in [-0.1, -0.05) is 28.1 Å². The van der Waals surface area contributed by atoms with Crippen molar-refractivity contribution in [3.8, 4) is 11.5 Å². The summed E-state index contributed by atoms with van der Waals surface area (Å²) in [5.41, 5.74) is 7.94. The molecule has 0 fully saturated rings. The minimum Gasteiger partial charge on any atom is -0.493 e. The molecule has 0 bridgehead atoms. The van der Waals surface area contributed by atoms with Crippen molar-refractivity contribution < 1.29 is 9.47 Å². The summed E-state index contributed by atoms with van der Waals surface area (Å²) >= 11 is 3.55. The lowest BCUT2D eigenvalue weighted by atomic mass is 10.1. The predicted octanol–water partition coefficient (Wildman–Crippen LogP) is 2.63. The zero-order valence-corrected chi connectivity index (χ0v) is 13.2. The van der Waals surface area contributed by atoms with Crippen molar-refractivity contribution >= 4 is 15.9 Å². The summed E-state index contributed by atoms with van der Waals surface area (Å²) in [6.45, 7) is 7.07. The fraction of sp³-hybridized carbons (Fsp3) is 0.429. The maximum absolute atomic E-state index is 5.84. The Hall–Kier alpha value is -1.04. The first-order chi connectivity index (χ1) is 9.03. The molecule has 1 aromatic rings. The third-order valence-electron chi connectivity index (χ3n) is 2.76. The van der Waals surface area contributed by atoms with Gasteiger partial charge in [-0.2, -0.15) is 0 Å². The SMILES string of the molecule is C=C(C)CNC(CN)c1cc(OC)c(OC)cc1Br. The average molecular weight is 329 g/mol. The number of ether oxygens (including phenoxy) is 2. The fourth-order valence-corrected chi connectivity index (χ4v) is 2.35. The number of methoxy groups -OCH3 is 2. The summed E-state index contributed by atoms with van der Waals surface area (Å²) in [6, 6.07) is 3.86. The van der Waals surface area contributed by atoms with Gasteiger partial charge >= 0.3 is 0 Å². The molecule has 0 aliphatic heterocycles. The highest BCUT2D eigenvalue weighted by Gasteiger charge is 2.16. The molecule has 0 aliphatic carbocycles. The highest BCUT2D eigenvalue weighted by Crippen LogP contribution is 2.35. The zero-order chi connectivity index (χ0) is 14.4. The first kappa shape index (κ1) is 16.0. The highest BCUT2D eigenvalue weighted by molar-refractivity contribution is 9.10. The van der Waals surface area contributed by atoms with E-state index in [4.69, 9.17) is 15.2 Å². The van der Waals surface area contributed by atoms with E-state index in [1.54, 1.807) is 14.2 Å². The van der Waals surface area contributed by atoms with Crippen LogP contribution >= 0.6 is 15.9 Å². The van der Waals surface area contributed by atoms with Crippen LogP contribution in [0.4, 0.5) is 0 Å². The summed E-state index contributed by atoms with van der Waals surface area (Å²) in [5.74, 6) is 1.38. The minimum absolute atomic E-state index is 0.0332. The Kier molecular flexibility index (Phi) is 6.34. The van der Waals surface area contributed by atoms with Gasteiger partial charge in [-0.15, -0.1) is 0 Å². The van der Waals surface area contributed by atoms with Crippen LogP contribution in [0.25, 0.3) is 0 Å². The van der Waals surface area contributed by atoms with E-state index in [1.165, 1.54) is 0 Å². The molecule has 0 aromatic heterocycles. The van der Waals surface area contributed by atoms with E-state index in [1.807, 2.05) is 19.1 Å². The van der Waals surface area contributed by atoms with Gasteiger partial charge in [0, 0.05) is 23.6 Å². The molecule has 1 aromatic carbocycles. The molecule has 0 saturated carbocycles. The molecule has 0 saturated heterocycles. The maximum Gasteiger partial charge on any atom is 0.161 e. The van der Waals surface area contributed by atoms with Crippen molar-refractivity contribution in [2.24, 2.45) is 5.73 Å². The quantitative estimate of drug-likeness (QED) is 0.755. The number of hydrogen-bond acceptors (Lipinski definition) is 4. The lowest BCUT2D eigenvalue weighted by molar-refractivity contribution is 0.353. The van der Waals surface area contributed by atoms with Crippen molar-refractivity contribution in [2.75, 3.05) is 27.3 Å². The van der Waals surface area contributed by atoms with Crippen molar-refractivity contribution in [3.63, 3.8) is 0 Å². The van der Waals surface area contributed by atoms with Crippen molar-refractivity contribution in [3.05, 3.63) is 34.3 Å². The van der Waals surface area contributed by atoms with Crippen molar-refractivity contribution in [1.82, 2.24) is 5.32 Å². The van der Waals surface area contributed by atoms with Crippen LogP contribution in [0.2, 0.25) is 0 Å². The number of nitrogens with one attached hydrogen (secondary N) is 1. The van der Waals surface area contributed by atoms with Gasteiger partial charge in [-0.3, -0.25) is 0 Å². The van der Waals surface area contributed by atoms with E-state index >= 15 is 0 Å². The van der Waals surface area contributed by atoms with Gasteiger partial charge in [0.1, 0.15) is 0 Å². The Bertz CT molecular complexity index is 449. The summed E-state index contributed by atoms with van der Waals surface area (Å²) in [6.07, 6.45) is 0. The molecule has 1 unspecified atom stereocenters. The van der Waals surface area contributed by atoms with Crippen LogP contribution < -0.4 is 20.5 Å². The Morgan fingerprint density at radius 1 is 1.37 bits per heavy atom. The number of benzene rings is 1. The van der Waals surface area contributed by atoms with E-state index in [-0.39, 0.29) is 6.04 Å². The van der Waals surface area contributed by atoms with E-state index in [2.05, 4.69) is 27.8 Å². The van der Waals surface area contributed by atoms with Crippen LogP contribution in [0, 0.1) is 0 Å². The lowest BCUT2D eigenvalue weighted by Crippen LogP contribution is -2.29. The molecule has 0 radical (unpaired) electrons. The molecule has 0 spiro atoms. The Balaban J connectivity index is 3.05. The molecular formula is C14H21BrN2O2. The molecule has 3 N–H and O–H groups in total. The second-order valence-corrected chi connectivity index (χ2v) is 5.21. The molecule has 106 valence electrons. The second-order valence-electron chi connectivity index (χ2n) is 4.36. The predicted molar refractivity (Wildman–Crippen MR) is 81.9 cm³/mol. The van der Waals surface area contributed by atoms with Crippen LogP contribution in [-0.2, 0) is 0 Å². The van der Waals surface area contributed by atoms with Crippen LogP contribution in [0.1, 0.15) is 18.5 Å². The average Bonchev–Trinajstić information content (AvgIpc) is 2.40. The number of halogens is 1. The van der Waals surface area contributed by atoms with E-state index in [0.29, 0.717) is 18.0 Å². The molecule has 1 rings (SSSR count). The van der Waals surface area contributed by atoms with Crippen molar-refractivity contribution in [1.29, 1.82) is 0 Å². The Morgan fingerprint density at radius 3 is 2.42 bits per heavy atom. The van der Waals surface area contributed by atoms with Crippen LogP contribution in [0.3, 0.4) is 0 Å². The van der Waals surface area contributed by atoms with E-state index in [0.717, 1.165) is 22.2 Å². The highest BCUT2D eigenvalue weighted by atomic mass is 79.9. The van der Waals surface area contributed by atoms with Crippen LogP contribution in [0.5, 0.6) is 11.5 Å². The summed E-state index contributed by atoms with van der Waals surface area (Å²) in [5, 5.41) is 3.36. The van der Waals surface area contributed by atoms with Crippen LogP contribution in [-0.4, -0.2) is 27.3 Å². The van der Waals surface area contributed by atoms with Gasteiger partial charge in [0.05, 0.1) is 14.2 Å². The van der Waals surface area contributed by atoms with Gasteiger partial charge in [-0.25, -0.2) is 0 Å². The van der Waals surface area contributed by atoms with Gasteiger partial charge in [0.25, 0.3) is 0 Å². The third kappa shape index (κ3) is 4.23. The Labute approximate surface area is 123 Å². The topological polar surface area (TPSA) is 56.5 Å². The normalized spacial score (nSPS) is 12.1. The molecule has 0 aliphatic rings. The fourth-order valence-electron chi connectivity index (χ4n) is 1.75. The van der Waals surface area contributed by atoms with Gasteiger partial charge in [0.15, 0.2) is 11.5 Å². The molecule has 4 nitrogen and oxygen atoms in total. The van der Waals surface area contributed by atoms with Crippen molar-refractivity contribution in [2.45, 2.75) is 13.0 Å². The number of hydrogen-bond donors (Lipinski definition) is 2. The maximum atomic E-state index is 5.84. The molecule has 0 heterocycles. The second kappa shape index (κ2) is 7.53. The van der Waals surface area contributed by atoms with Gasteiger partial charge < -0.3 is 20.5 Å². The molecule has 1 atom stereocenters. The van der Waals surface area contributed by atoms with E-state index in [9.17, 15) is 0 Å². The zero-order valence-electron chi connectivity index (χ0n) is 11.6. The van der Waals surface area contributed by atoms with E-state index < -0.39 is 0 Å². The molecule has 5 heteroatoms. The first-order valence-electron chi connectivity index (χ1n) is 6.02. The first-order valence-corrected chi connectivity index (χ1v) is 6.82. The minimum atomic E-state index is 0.0332. The summed E-state index contributed by atoms with van der Waals surface area (Å²) in [4.78, 5) is 0. The molecular weight excluding hydrogens is 308 g/mol. The van der Waals surface area contributed by atoms with Crippen LogP contribution in [0.15, 0.2) is 28.8 Å². The monoisotopic (exact) mass is 328 g/mol. The smallest absolute Gasteiger partial charge is 0.161 e.